The van der Waals surface area contributed by atoms with E-state index in [-0.39, 0.29) is 35.1 Å². The maximum atomic E-state index is 13.3. The van der Waals surface area contributed by atoms with Crippen LogP contribution < -0.4 is 13.8 Å². The SMILES string of the molecule is CCOc1ccc(N2C(=O)CCS2(=O)=O)cc1S(=O)(=O)Nc1c(C)cccc1CC. The number of carbonyl (C=O) groups excluding carboxylic acids is 1. The molecule has 0 aromatic heterocycles. The molecule has 10 heteroatoms. The van der Waals surface area contributed by atoms with Crippen molar-refractivity contribution in [1.82, 2.24) is 0 Å². The van der Waals surface area contributed by atoms with E-state index in [4.69, 9.17) is 4.74 Å². The minimum Gasteiger partial charge on any atom is -0.492 e. The highest BCUT2D eigenvalue weighted by atomic mass is 32.2. The van der Waals surface area contributed by atoms with Crippen molar-refractivity contribution in [1.29, 1.82) is 0 Å². The molecule has 3 rings (SSSR count). The largest absolute Gasteiger partial charge is 0.492 e. The molecular formula is C20H24N2O6S2. The summed E-state index contributed by atoms with van der Waals surface area (Å²) in [7, 11) is -7.96. The normalized spacial score (nSPS) is 16.0. The zero-order chi connectivity index (χ0) is 22.1. The Labute approximate surface area is 177 Å². The highest BCUT2D eigenvalue weighted by molar-refractivity contribution is 7.94. The molecule has 1 aliphatic rings. The number of ether oxygens (including phenoxy) is 1. The van der Waals surface area contributed by atoms with Crippen LogP contribution in [0.15, 0.2) is 41.3 Å². The van der Waals surface area contributed by atoms with Gasteiger partial charge < -0.3 is 4.74 Å². The Kier molecular flexibility index (Phi) is 6.09. The van der Waals surface area contributed by atoms with E-state index in [0.29, 0.717) is 16.4 Å². The molecule has 30 heavy (non-hydrogen) atoms. The number of hydrogen-bond donors (Lipinski definition) is 1. The van der Waals surface area contributed by atoms with E-state index < -0.39 is 26.0 Å². The van der Waals surface area contributed by atoms with Crippen LogP contribution in [0.5, 0.6) is 5.75 Å². The molecule has 2 aromatic rings. The number of nitrogens with one attached hydrogen (secondary N) is 1. The molecule has 0 atom stereocenters. The van der Waals surface area contributed by atoms with Crippen LogP contribution in [0.2, 0.25) is 0 Å². The number of anilines is 2. The van der Waals surface area contributed by atoms with Crippen LogP contribution in [0.3, 0.4) is 0 Å². The highest BCUT2D eigenvalue weighted by Gasteiger charge is 2.37. The topological polar surface area (TPSA) is 110 Å². The van der Waals surface area contributed by atoms with Crippen LogP contribution in [0.1, 0.15) is 31.4 Å². The summed E-state index contributed by atoms with van der Waals surface area (Å²) in [6, 6.07) is 9.38. The monoisotopic (exact) mass is 452 g/mol. The average molecular weight is 453 g/mol. The van der Waals surface area contributed by atoms with Gasteiger partial charge in [-0.1, -0.05) is 25.1 Å². The number of nitrogens with zero attached hydrogens (tertiary/aromatic N) is 1. The summed E-state index contributed by atoms with van der Waals surface area (Å²) in [5.74, 6) is -0.824. The second-order valence-corrected chi connectivity index (χ2v) is 10.4. The fourth-order valence-corrected chi connectivity index (χ4v) is 6.13. The van der Waals surface area contributed by atoms with Crippen molar-refractivity contribution in [3.63, 3.8) is 0 Å². The third-order valence-corrected chi connectivity index (χ3v) is 7.87. The quantitative estimate of drug-likeness (QED) is 0.692. The zero-order valence-electron chi connectivity index (χ0n) is 17.0. The smallest absolute Gasteiger partial charge is 0.265 e. The summed E-state index contributed by atoms with van der Waals surface area (Å²) in [6.07, 6.45) is 0.483. The van der Waals surface area contributed by atoms with Crippen molar-refractivity contribution in [2.45, 2.75) is 38.5 Å². The lowest BCUT2D eigenvalue weighted by molar-refractivity contribution is -0.116. The number of para-hydroxylation sites is 1. The molecule has 0 unspecified atom stereocenters. The maximum Gasteiger partial charge on any atom is 0.265 e. The van der Waals surface area contributed by atoms with Crippen LogP contribution in [0.25, 0.3) is 0 Å². The molecule has 1 amide bonds. The molecule has 1 saturated heterocycles. The van der Waals surface area contributed by atoms with Gasteiger partial charge in [0, 0.05) is 6.42 Å². The molecule has 0 spiro atoms. The van der Waals surface area contributed by atoms with Gasteiger partial charge in [0.2, 0.25) is 15.9 Å². The first-order chi connectivity index (χ1) is 14.1. The molecule has 162 valence electrons. The van der Waals surface area contributed by atoms with Crippen molar-refractivity contribution >= 4 is 37.3 Å². The number of aryl methyl sites for hydroxylation is 2. The summed E-state index contributed by atoms with van der Waals surface area (Å²) in [5.41, 5.74) is 2.02. The van der Waals surface area contributed by atoms with E-state index in [1.165, 1.54) is 12.1 Å². The fraction of sp³-hybridized carbons (Fsp3) is 0.350. The number of benzene rings is 2. The summed E-state index contributed by atoms with van der Waals surface area (Å²) in [4.78, 5) is 11.9. The number of amides is 1. The Balaban J connectivity index is 2.12. The number of rotatable bonds is 7. The van der Waals surface area contributed by atoms with Crippen molar-refractivity contribution in [3.05, 3.63) is 47.5 Å². The van der Waals surface area contributed by atoms with Crippen LogP contribution in [0, 0.1) is 6.92 Å². The van der Waals surface area contributed by atoms with Gasteiger partial charge in [-0.05, 0) is 49.6 Å². The molecule has 2 aromatic carbocycles. The lowest BCUT2D eigenvalue weighted by Crippen LogP contribution is -2.29. The fourth-order valence-electron chi connectivity index (χ4n) is 3.34. The Morgan fingerprint density at radius 1 is 1.17 bits per heavy atom. The number of hydrogen-bond acceptors (Lipinski definition) is 6. The summed E-state index contributed by atoms with van der Waals surface area (Å²) in [6.45, 7) is 5.64. The first-order valence-corrected chi connectivity index (χ1v) is 12.6. The molecule has 0 bridgehead atoms. The van der Waals surface area contributed by atoms with E-state index in [9.17, 15) is 21.6 Å². The van der Waals surface area contributed by atoms with Gasteiger partial charge >= 0.3 is 0 Å². The standard InChI is InChI=1S/C20H24N2O6S2/c1-4-15-8-6-7-14(3)20(15)21-30(26,27)18-13-16(9-10-17(18)28-5-2)22-19(23)11-12-29(22,24)25/h6-10,13,21H,4-5,11-12H2,1-3H3. The Bertz CT molecular complexity index is 1190. The predicted molar refractivity (Wildman–Crippen MR) is 115 cm³/mol. The lowest BCUT2D eigenvalue weighted by Gasteiger charge is -2.19. The zero-order valence-corrected chi connectivity index (χ0v) is 18.6. The van der Waals surface area contributed by atoms with E-state index in [0.717, 1.165) is 17.2 Å². The van der Waals surface area contributed by atoms with Crippen LogP contribution in [-0.2, 0) is 31.3 Å². The van der Waals surface area contributed by atoms with Gasteiger partial charge in [0.1, 0.15) is 10.6 Å². The van der Waals surface area contributed by atoms with Gasteiger partial charge in [-0.25, -0.2) is 21.1 Å². The van der Waals surface area contributed by atoms with Gasteiger partial charge in [-0.3, -0.25) is 9.52 Å². The molecule has 1 aliphatic heterocycles. The summed E-state index contributed by atoms with van der Waals surface area (Å²) in [5, 5.41) is 0. The molecule has 8 nitrogen and oxygen atoms in total. The summed E-state index contributed by atoms with van der Waals surface area (Å²) < 4.78 is 59.9. The van der Waals surface area contributed by atoms with Crippen molar-refractivity contribution in [3.8, 4) is 5.75 Å². The van der Waals surface area contributed by atoms with Gasteiger partial charge in [0.15, 0.2) is 0 Å². The van der Waals surface area contributed by atoms with Crippen molar-refractivity contribution in [2.75, 3.05) is 21.4 Å². The molecular weight excluding hydrogens is 428 g/mol. The minimum atomic E-state index is -4.14. The number of carbonyl (C=O) groups is 1. The molecule has 0 radical (unpaired) electrons. The lowest BCUT2D eigenvalue weighted by atomic mass is 10.1. The van der Waals surface area contributed by atoms with Crippen molar-refractivity contribution in [2.24, 2.45) is 0 Å². The first kappa shape index (κ1) is 22.1. The third kappa shape index (κ3) is 4.15. The predicted octanol–water partition coefficient (Wildman–Crippen LogP) is 2.82. The Morgan fingerprint density at radius 2 is 1.90 bits per heavy atom. The van der Waals surface area contributed by atoms with E-state index in [1.807, 2.05) is 19.1 Å². The second-order valence-electron chi connectivity index (χ2n) is 6.86. The van der Waals surface area contributed by atoms with E-state index >= 15 is 0 Å². The van der Waals surface area contributed by atoms with Crippen LogP contribution in [-0.4, -0.2) is 35.1 Å². The molecule has 1 N–H and O–H groups in total. The minimum absolute atomic E-state index is 0.0261. The molecule has 1 fully saturated rings. The average Bonchev–Trinajstić information content (AvgIpc) is 2.96. The van der Waals surface area contributed by atoms with Gasteiger partial charge in [-0.15, -0.1) is 0 Å². The van der Waals surface area contributed by atoms with Crippen LogP contribution in [0.4, 0.5) is 11.4 Å². The molecule has 1 heterocycles. The second kappa shape index (κ2) is 8.27. The highest BCUT2D eigenvalue weighted by Crippen LogP contribution is 2.34. The van der Waals surface area contributed by atoms with Gasteiger partial charge in [0.05, 0.1) is 23.7 Å². The van der Waals surface area contributed by atoms with Gasteiger partial charge in [-0.2, -0.15) is 0 Å². The summed E-state index contributed by atoms with van der Waals surface area (Å²) >= 11 is 0. The first-order valence-electron chi connectivity index (χ1n) is 9.54. The third-order valence-electron chi connectivity index (χ3n) is 4.81. The maximum absolute atomic E-state index is 13.3. The van der Waals surface area contributed by atoms with Gasteiger partial charge in [0.25, 0.3) is 10.0 Å². The van der Waals surface area contributed by atoms with E-state index in [1.54, 1.807) is 19.9 Å². The Morgan fingerprint density at radius 3 is 2.50 bits per heavy atom. The number of sulfonamides is 2. The molecule has 0 saturated carbocycles. The van der Waals surface area contributed by atoms with Crippen LogP contribution >= 0.6 is 0 Å². The van der Waals surface area contributed by atoms with E-state index in [2.05, 4.69) is 4.72 Å². The van der Waals surface area contributed by atoms with Crippen molar-refractivity contribution < 1.29 is 26.4 Å². The Hall–Kier alpha value is -2.59. The molecule has 0 aliphatic carbocycles.